The molecule has 2 fully saturated rings. The van der Waals surface area contributed by atoms with E-state index in [9.17, 15) is 18.0 Å². The molecule has 2 amide bonds. The Morgan fingerprint density at radius 2 is 1.80 bits per heavy atom. The van der Waals surface area contributed by atoms with Gasteiger partial charge in [0.05, 0.1) is 17.4 Å². The summed E-state index contributed by atoms with van der Waals surface area (Å²) >= 11 is 0. The van der Waals surface area contributed by atoms with Crippen molar-refractivity contribution < 1.29 is 18.0 Å². The van der Waals surface area contributed by atoms with E-state index >= 15 is 0 Å². The molecule has 0 bridgehead atoms. The van der Waals surface area contributed by atoms with E-state index < -0.39 is 22.0 Å². The van der Waals surface area contributed by atoms with Crippen molar-refractivity contribution in [1.82, 2.24) is 20.3 Å². The summed E-state index contributed by atoms with van der Waals surface area (Å²) in [5.74, 6) is 0.0359. The number of sulfonamides is 1. The zero-order chi connectivity index (χ0) is 28.1. The summed E-state index contributed by atoms with van der Waals surface area (Å²) in [5, 5.41) is 9.48. The maximum atomic E-state index is 13.4. The fraction of sp³-hybridized carbons (Fsp3) is 0.548. The second-order valence-corrected chi connectivity index (χ2v) is 13.5. The highest BCUT2D eigenvalue weighted by Gasteiger charge is 2.40. The van der Waals surface area contributed by atoms with Gasteiger partial charge in [-0.2, -0.15) is 4.31 Å². The molecule has 5 rings (SSSR count). The Balaban J connectivity index is 1.22. The predicted octanol–water partition coefficient (Wildman–Crippen LogP) is 3.74. The van der Waals surface area contributed by atoms with Gasteiger partial charge in [0.2, 0.25) is 21.8 Å². The molecule has 1 heterocycles. The van der Waals surface area contributed by atoms with E-state index in [0.717, 1.165) is 49.4 Å². The first-order valence-corrected chi connectivity index (χ1v) is 16.2. The minimum absolute atomic E-state index is 0.128. The Hall–Kier alpha value is -2.75. The molecule has 2 aromatic rings. The molecule has 40 heavy (non-hydrogen) atoms. The van der Waals surface area contributed by atoms with Gasteiger partial charge in [-0.3, -0.25) is 9.59 Å². The summed E-state index contributed by atoms with van der Waals surface area (Å²) in [7, 11) is -3.92. The maximum absolute atomic E-state index is 13.4. The lowest BCUT2D eigenvalue weighted by Gasteiger charge is -2.34. The van der Waals surface area contributed by atoms with Crippen molar-refractivity contribution >= 4 is 21.8 Å². The van der Waals surface area contributed by atoms with E-state index in [1.54, 1.807) is 24.3 Å². The van der Waals surface area contributed by atoms with Crippen molar-refractivity contribution in [2.45, 2.75) is 88.2 Å². The van der Waals surface area contributed by atoms with Crippen LogP contribution in [0.5, 0.6) is 0 Å². The van der Waals surface area contributed by atoms with Crippen molar-refractivity contribution in [3.8, 4) is 0 Å². The van der Waals surface area contributed by atoms with Crippen LogP contribution in [0.15, 0.2) is 47.4 Å². The average molecular weight is 567 g/mol. The number of hydrogen-bond donors (Lipinski definition) is 3. The van der Waals surface area contributed by atoms with Crippen molar-refractivity contribution in [2.75, 3.05) is 19.6 Å². The fourth-order valence-electron chi connectivity index (χ4n) is 6.39. The molecule has 0 spiro atoms. The van der Waals surface area contributed by atoms with E-state index in [0.29, 0.717) is 0 Å². The van der Waals surface area contributed by atoms with Crippen LogP contribution in [-0.2, 0) is 32.6 Å². The number of carbonyl (C=O) groups excluding carboxylic acids is 2. The third-order valence-electron chi connectivity index (χ3n) is 8.63. The quantitative estimate of drug-likeness (QED) is 0.429. The van der Waals surface area contributed by atoms with Gasteiger partial charge < -0.3 is 16.0 Å². The lowest BCUT2D eigenvalue weighted by Crippen LogP contribution is -2.58. The molecule has 0 radical (unpaired) electrons. The largest absolute Gasteiger partial charge is 0.353 e. The van der Waals surface area contributed by atoms with Gasteiger partial charge in [0, 0.05) is 19.6 Å². The van der Waals surface area contributed by atoms with Crippen molar-refractivity contribution in [3.63, 3.8) is 0 Å². The lowest BCUT2D eigenvalue weighted by atomic mass is 9.86. The van der Waals surface area contributed by atoms with Gasteiger partial charge in [-0.1, -0.05) is 55.2 Å². The number of nitrogens with zero attached hydrogens (tertiary/aromatic N) is 1. The molecule has 3 aliphatic rings. The van der Waals surface area contributed by atoms with Crippen LogP contribution in [0, 0.1) is 12.8 Å². The lowest BCUT2D eigenvalue weighted by molar-refractivity contribution is -0.132. The zero-order valence-electron chi connectivity index (χ0n) is 23.5. The molecule has 0 unspecified atom stereocenters. The Morgan fingerprint density at radius 3 is 2.58 bits per heavy atom. The number of hydrogen-bond acceptors (Lipinski definition) is 5. The fourth-order valence-corrected chi connectivity index (χ4v) is 7.98. The number of piperazine rings is 1. The van der Waals surface area contributed by atoms with Crippen LogP contribution in [-0.4, -0.2) is 50.2 Å². The molecule has 2 aromatic carbocycles. The van der Waals surface area contributed by atoms with Crippen LogP contribution in [0.3, 0.4) is 0 Å². The second-order valence-electron chi connectivity index (χ2n) is 11.6. The zero-order valence-corrected chi connectivity index (χ0v) is 24.3. The van der Waals surface area contributed by atoms with Crippen LogP contribution < -0.4 is 16.0 Å². The topological polar surface area (TPSA) is 108 Å². The highest BCUT2D eigenvalue weighted by Crippen LogP contribution is 2.31. The molecule has 1 saturated heterocycles. The Kier molecular flexibility index (Phi) is 9.23. The molecule has 1 aliphatic heterocycles. The van der Waals surface area contributed by atoms with Gasteiger partial charge in [0.1, 0.15) is 6.04 Å². The monoisotopic (exact) mass is 566 g/mol. The number of carbonyl (C=O) groups is 2. The number of rotatable bonds is 9. The minimum Gasteiger partial charge on any atom is -0.353 e. The van der Waals surface area contributed by atoms with Crippen LogP contribution in [0.2, 0.25) is 0 Å². The van der Waals surface area contributed by atoms with Gasteiger partial charge >= 0.3 is 0 Å². The normalized spacial score (nSPS) is 22.4. The summed E-state index contributed by atoms with van der Waals surface area (Å²) in [6, 6.07) is 11.9. The van der Waals surface area contributed by atoms with Gasteiger partial charge in [-0.05, 0) is 80.3 Å². The van der Waals surface area contributed by atoms with Crippen LogP contribution in [0.1, 0.15) is 79.7 Å². The molecule has 0 aromatic heterocycles. The summed E-state index contributed by atoms with van der Waals surface area (Å²) in [5.41, 5.74) is 4.58. The molecular formula is C31H42N4O4S. The first-order chi connectivity index (χ1) is 19.3. The van der Waals surface area contributed by atoms with Crippen LogP contribution >= 0.6 is 0 Å². The highest BCUT2D eigenvalue weighted by molar-refractivity contribution is 7.89. The predicted molar refractivity (Wildman–Crippen MR) is 155 cm³/mol. The molecule has 2 aliphatic carbocycles. The van der Waals surface area contributed by atoms with E-state index in [1.807, 2.05) is 6.92 Å². The summed E-state index contributed by atoms with van der Waals surface area (Å²) in [4.78, 5) is 26.1. The van der Waals surface area contributed by atoms with Gasteiger partial charge in [-0.15, -0.1) is 0 Å². The third kappa shape index (κ3) is 6.75. The number of nitrogens with one attached hydrogen (secondary N) is 3. The van der Waals surface area contributed by atoms with Gasteiger partial charge in [-0.25, -0.2) is 8.42 Å². The van der Waals surface area contributed by atoms with Crippen molar-refractivity contribution in [1.29, 1.82) is 0 Å². The molecule has 9 heteroatoms. The minimum atomic E-state index is -3.92. The van der Waals surface area contributed by atoms with Gasteiger partial charge in [0.25, 0.3) is 0 Å². The summed E-state index contributed by atoms with van der Waals surface area (Å²) < 4.78 is 28.0. The summed E-state index contributed by atoms with van der Waals surface area (Å²) in [6.45, 7) is 4.15. The highest BCUT2D eigenvalue weighted by atomic mass is 32.2. The average Bonchev–Trinajstić information content (AvgIpc) is 2.95. The van der Waals surface area contributed by atoms with E-state index in [1.165, 1.54) is 47.5 Å². The Bertz CT molecular complexity index is 1310. The van der Waals surface area contributed by atoms with E-state index in [-0.39, 0.29) is 36.4 Å². The molecule has 216 valence electrons. The Labute approximate surface area is 238 Å². The van der Waals surface area contributed by atoms with E-state index in [4.69, 9.17) is 0 Å². The number of aryl methyl sites for hydroxylation is 2. The van der Waals surface area contributed by atoms with Gasteiger partial charge in [0.15, 0.2) is 0 Å². The van der Waals surface area contributed by atoms with Crippen molar-refractivity contribution in [2.24, 2.45) is 5.92 Å². The van der Waals surface area contributed by atoms with Crippen LogP contribution in [0.25, 0.3) is 0 Å². The second kappa shape index (κ2) is 12.8. The molecule has 3 N–H and O–H groups in total. The number of amides is 2. The molecule has 8 nitrogen and oxygen atoms in total. The third-order valence-corrected chi connectivity index (χ3v) is 10.6. The molecule has 1 saturated carbocycles. The maximum Gasteiger partial charge on any atom is 0.243 e. The smallest absolute Gasteiger partial charge is 0.243 e. The SMILES string of the molecule is Cc1ccc(S(=O)(=O)N2CCNC(=O)[C@H]2CC(=O)N[C@@H]2CCCc3cc(CNCC4CCCCC4)ccc32)cc1. The first kappa shape index (κ1) is 28.8. The van der Waals surface area contributed by atoms with E-state index in [2.05, 4.69) is 34.1 Å². The standard InChI is InChI=1S/C31H42N4O4S/c1-22-10-13-26(14-11-22)40(38,39)35-17-16-33-31(37)29(35)19-30(36)34-28-9-5-8-25-18-24(12-15-27(25)28)21-32-20-23-6-3-2-4-7-23/h10-15,18,23,28-29,32H,2-9,16-17,19-21H2,1H3,(H,33,37)(H,34,36)/t28-,29-/m1/s1. The summed E-state index contributed by atoms with van der Waals surface area (Å²) in [6.07, 6.45) is 9.28. The Morgan fingerprint density at radius 1 is 1.02 bits per heavy atom. The number of fused-ring (bicyclic) bond motifs is 1. The van der Waals surface area contributed by atoms with Crippen molar-refractivity contribution in [3.05, 3.63) is 64.7 Å². The molecular weight excluding hydrogens is 524 g/mol. The first-order valence-electron chi connectivity index (χ1n) is 14.8. The molecule has 2 atom stereocenters. The number of benzene rings is 2. The van der Waals surface area contributed by atoms with Crippen LogP contribution in [0.4, 0.5) is 0 Å².